The van der Waals surface area contributed by atoms with Crippen LogP contribution in [0, 0.1) is 0 Å². The molecule has 0 rings (SSSR count). The fraction of sp³-hybridized carbons (Fsp3) is 0.667. The van der Waals surface area contributed by atoms with Gasteiger partial charge in [-0.15, -0.1) is 9.24 Å². The minimum absolute atomic E-state index is 0.00750. The van der Waals surface area contributed by atoms with Gasteiger partial charge in [0.15, 0.2) is 0 Å². The Labute approximate surface area is 67.7 Å². The summed E-state index contributed by atoms with van der Waals surface area (Å²) < 4.78 is 1.59. The molecule has 3 atom stereocenters. The van der Waals surface area contributed by atoms with Gasteiger partial charge in [0.1, 0.15) is 0 Å². The lowest BCUT2D eigenvalue weighted by Gasteiger charge is -2.14. The Balaban J connectivity index is 3.64. The lowest BCUT2D eigenvalue weighted by atomic mass is 10.7. The van der Waals surface area contributed by atoms with E-state index in [1.165, 1.54) is 0 Å². The molecule has 0 saturated carbocycles. The minimum Gasteiger partial charge on any atom is -0.275 e. The van der Waals surface area contributed by atoms with Crippen molar-refractivity contribution < 1.29 is 4.79 Å². The van der Waals surface area contributed by atoms with Gasteiger partial charge < -0.3 is 0 Å². The maximum absolute atomic E-state index is 10.5. The fourth-order valence-electron chi connectivity index (χ4n) is 0.201. The lowest BCUT2D eigenvalue weighted by Crippen LogP contribution is -2.18. The maximum atomic E-state index is 10.5. The molecule has 0 spiro atoms. The van der Waals surface area contributed by atoms with E-state index in [0.29, 0.717) is 0 Å². The first-order valence-corrected chi connectivity index (χ1v) is 4.26. The van der Waals surface area contributed by atoms with Gasteiger partial charge in [-0.05, 0) is 16.2 Å². The van der Waals surface area contributed by atoms with E-state index in [-0.39, 0.29) is 11.4 Å². The average Bonchev–Trinajstić information content (AvgIpc) is 1.64. The Hall–Kier alpha value is 1.06. The number of nitrogens with zero attached hydrogens (tertiary/aromatic N) is 1. The first-order chi connectivity index (χ1) is 3.55. The molecule has 0 bridgehead atoms. The quantitative estimate of drug-likeness (QED) is 0.401. The summed E-state index contributed by atoms with van der Waals surface area (Å²) in [6, 6.07) is 0. The maximum Gasteiger partial charge on any atom is 0.246 e. The molecule has 0 heterocycles. The van der Waals surface area contributed by atoms with Crippen LogP contribution in [0.1, 0.15) is 6.92 Å². The van der Waals surface area contributed by atoms with E-state index in [0.717, 1.165) is 0 Å². The summed E-state index contributed by atoms with van der Waals surface area (Å²) >= 11 is 1.96. The van der Waals surface area contributed by atoms with Gasteiger partial charge in [-0.2, -0.15) is 0 Å². The van der Waals surface area contributed by atoms with E-state index in [1.54, 1.807) is 3.11 Å². The number of hydrogen-bond donors (Lipinski definition) is 0. The summed E-state index contributed by atoms with van der Waals surface area (Å²) in [7, 11) is 4.63. The molecule has 1 amide bonds. The van der Waals surface area contributed by atoms with Gasteiger partial charge in [0.05, 0.1) is 28.6 Å². The van der Waals surface area contributed by atoms with Crippen molar-refractivity contribution in [1.29, 1.82) is 0 Å². The normalized spacial score (nSPS) is 13.0. The molecule has 0 N–H and O–H groups in total. The number of rotatable bonds is 1. The van der Waals surface area contributed by atoms with Crippen molar-refractivity contribution >= 4 is 47.0 Å². The molecule has 48 valence electrons. The highest BCUT2D eigenvalue weighted by Gasteiger charge is 2.06. The van der Waals surface area contributed by atoms with Crippen LogP contribution in [-0.2, 0) is 0 Å². The largest absolute Gasteiger partial charge is 0.275 e. The number of carbonyl (C=O) groups is 1. The summed E-state index contributed by atoms with van der Waals surface area (Å²) in [6.45, 7) is 1.93. The molecule has 8 heavy (non-hydrogen) atoms. The Morgan fingerprint density at radius 2 is 2.25 bits per heavy atom. The third-order valence-electron chi connectivity index (χ3n) is 0.568. The summed E-state index contributed by atoms with van der Waals surface area (Å²) in [4.78, 5) is 10.5. The third-order valence-corrected chi connectivity index (χ3v) is 3.63. The van der Waals surface area contributed by atoms with Gasteiger partial charge in [-0.25, -0.2) is 0 Å². The van der Waals surface area contributed by atoms with Crippen molar-refractivity contribution in [2.75, 3.05) is 0 Å². The SMILES string of the molecule is CC(P)N(I)C(=O)P. The van der Waals surface area contributed by atoms with Crippen LogP contribution in [0.5, 0.6) is 0 Å². The zero-order chi connectivity index (χ0) is 6.73. The molecule has 0 aromatic carbocycles. The number of carbonyl (C=O) groups excluding carboxylic acids is 1. The van der Waals surface area contributed by atoms with Gasteiger partial charge >= 0.3 is 0 Å². The van der Waals surface area contributed by atoms with Crippen LogP contribution in [0.25, 0.3) is 0 Å². The summed E-state index contributed by atoms with van der Waals surface area (Å²) in [5.74, 6) is 0.209. The van der Waals surface area contributed by atoms with E-state index in [1.807, 2.05) is 29.8 Å². The second kappa shape index (κ2) is 3.97. The molecule has 0 aliphatic carbocycles. The first kappa shape index (κ1) is 9.06. The molecule has 0 aliphatic rings. The van der Waals surface area contributed by atoms with Crippen molar-refractivity contribution in [3.8, 4) is 0 Å². The molecular formula is C3H8INOP2. The predicted molar refractivity (Wildman–Crippen MR) is 50.1 cm³/mol. The Bertz CT molecular complexity index is 97.3. The van der Waals surface area contributed by atoms with Crippen molar-refractivity contribution in [2.24, 2.45) is 0 Å². The molecule has 0 aliphatic heterocycles. The smallest absolute Gasteiger partial charge is 0.246 e. The highest BCUT2D eigenvalue weighted by Crippen LogP contribution is 2.15. The molecule has 0 aromatic rings. The molecule has 0 fully saturated rings. The number of halogens is 1. The van der Waals surface area contributed by atoms with Gasteiger partial charge in [-0.3, -0.25) is 7.91 Å². The van der Waals surface area contributed by atoms with Crippen molar-refractivity contribution in [1.82, 2.24) is 3.11 Å². The van der Waals surface area contributed by atoms with Crippen LogP contribution >= 0.6 is 41.3 Å². The van der Waals surface area contributed by atoms with Crippen LogP contribution in [0.4, 0.5) is 4.79 Å². The second-order valence-electron chi connectivity index (χ2n) is 1.39. The van der Waals surface area contributed by atoms with Crippen LogP contribution in [0.3, 0.4) is 0 Å². The van der Waals surface area contributed by atoms with Crippen molar-refractivity contribution in [3.05, 3.63) is 0 Å². The van der Waals surface area contributed by atoms with Gasteiger partial charge in [0, 0.05) is 0 Å². The molecule has 0 radical (unpaired) electrons. The average molecular weight is 263 g/mol. The van der Waals surface area contributed by atoms with E-state index < -0.39 is 0 Å². The minimum atomic E-state index is 0.00750. The van der Waals surface area contributed by atoms with Crippen LogP contribution < -0.4 is 0 Å². The zero-order valence-corrected chi connectivity index (χ0v) is 8.93. The van der Waals surface area contributed by atoms with Crippen LogP contribution in [-0.4, -0.2) is 14.5 Å². The van der Waals surface area contributed by atoms with Crippen LogP contribution in [0.2, 0.25) is 0 Å². The van der Waals surface area contributed by atoms with Gasteiger partial charge in [-0.1, -0.05) is 0 Å². The topological polar surface area (TPSA) is 20.3 Å². The highest BCUT2D eigenvalue weighted by atomic mass is 127. The lowest BCUT2D eigenvalue weighted by molar-refractivity contribution is 0.250. The second-order valence-corrected chi connectivity index (χ2v) is 3.89. The molecular weight excluding hydrogens is 255 g/mol. The predicted octanol–water partition coefficient (Wildman–Crippen LogP) is 1.85. The van der Waals surface area contributed by atoms with E-state index >= 15 is 0 Å². The first-order valence-electron chi connectivity index (χ1n) is 2.05. The highest BCUT2D eigenvalue weighted by molar-refractivity contribution is 14.1. The standard InChI is InChI=1S/C3H8INOP2/c1-2(7)5(4)3(6)8/h2H,7-8H2,1H3. The Kier molecular flexibility index (Phi) is 4.50. The molecule has 3 unspecified atom stereocenters. The molecule has 0 saturated heterocycles. The van der Waals surface area contributed by atoms with Gasteiger partial charge in [0.2, 0.25) is 5.65 Å². The number of hydrogen-bond acceptors (Lipinski definition) is 1. The summed E-state index contributed by atoms with van der Waals surface area (Å²) in [5.41, 5.74) is 0.00750. The van der Waals surface area contributed by atoms with Gasteiger partial charge in [0.25, 0.3) is 0 Å². The Morgan fingerprint density at radius 3 is 2.25 bits per heavy atom. The zero-order valence-electron chi connectivity index (χ0n) is 4.47. The summed E-state index contributed by atoms with van der Waals surface area (Å²) in [6.07, 6.45) is 0. The Morgan fingerprint density at radius 1 is 1.88 bits per heavy atom. The summed E-state index contributed by atoms with van der Waals surface area (Å²) in [5, 5.41) is 0. The monoisotopic (exact) mass is 263 g/mol. The van der Waals surface area contributed by atoms with Crippen LogP contribution in [0.15, 0.2) is 0 Å². The van der Waals surface area contributed by atoms with E-state index in [4.69, 9.17) is 0 Å². The molecule has 0 aromatic heterocycles. The molecule has 5 heteroatoms. The van der Waals surface area contributed by atoms with E-state index in [9.17, 15) is 4.79 Å². The van der Waals surface area contributed by atoms with E-state index in [2.05, 4.69) is 18.5 Å². The number of amides is 1. The fourth-order valence-corrected chi connectivity index (χ4v) is 0.755. The molecule has 2 nitrogen and oxygen atoms in total. The van der Waals surface area contributed by atoms with Crippen molar-refractivity contribution in [3.63, 3.8) is 0 Å². The third kappa shape index (κ3) is 3.16. The van der Waals surface area contributed by atoms with Crippen molar-refractivity contribution in [2.45, 2.75) is 12.7 Å².